The van der Waals surface area contributed by atoms with Crippen LogP contribution in [0.3, 0.4) is 0 Å². The highest BCUT2D eigenvalue weighted by Gasteiger charge is 2.52. The molecule has 0 radical (unpaired) electrons. The topological polar surface area (TPSA) is 29.5 Å². The molecule has 4 heteroatoms. The first-order valence-corrected chi connectivity index (χ1v) is 13.6. The van der Waals surface area contributed by atoms with Crippen LogP contribution in [0.1, 0.15) is 57.1 Å². The normalized spacial score (nSPS) is 21.4. The zero-order chi connectivity index (χ0) is 19.9. The number of hydrogen-bond acceptors (Lipinski definition) is 2. The summed E-state index contributed by atoms with van der Waals surface area (Å²) in [5.74, 6) is 3.73. The Hall–Kier alpha value is -1.73. The summed E-state index contributed by atoms with van der Waals surface area (Å²) in [7, 11) is -1.36. The summed E-state index contributed by atoms with van der Waals surface area (Å²) in [5.41, 5.74) is 5.64. The maximum atomic E-state index is 12.6. The lowest BCUT2D eigenvalue weighted by Crippen LogP contribution is -2.39. The molecule has 1 amide bonds. The van der Waals surface area contributed by atoms with E-state index in [1.165, 1.54) is 24.8 Å². The third kappa shape index (κ3) is 4.76. The standard InChI is InChI=1S/C23H33NO2Si/c1-22(2,3)26-21(25)24-16-20(23(17-24)13-7-14-23)19-10-8-18(9-11-19)12-15-27(4,5)6/h8-11,20H,7,13-14,16-17H2,1-6H3. The summed E-state index contributed by atoms with van der Waals surface area (Å²) in [6, 6.07) is 8.73. The van der Waals surface area contributed by atoms with Crippen LogP contribution in [0.25, 0.3) is 0 Å². The Morgan fingerprint density at radius 1 is 1.19 bits per heavy atom. The molecular weight excluding hydrogens is 350 g/mol. The molecule has 146 valence electrons. The van der Waals surface area contributed by atoms with Gasteiger partial charge in [-0.1, -0.05) is 44.1 Å². The number of hydrogen-bond donors (Lipinski definition) is 0. The molecule has 1 aliphatic carbocycles. The summed E-state index contributed by atoms with van der Waals surface area (Å²) in [6.07, 6.45) is 3.50. The quantitative estimate of drug-likeness (QED) is 0.479. The molecule has 0 bridgehead atoms. The van der Waals surface area contributed by atoms with Crippen LogP contribution in [0, 0.1) is 16.9 Å². The van der Waals surface area contributed by atoms with Gasteiger partial charge in [-0.3, -0.25) is 0 Å². The summed E-state index contributed by atoms with van der Waals surface area (Å²) < 4.78 is 5.62. The van der Waals surface area contributed by atoms with Gasteiger partial charge >= 0.3 is 6.09 Å². The van der Waals surface area contributed by atoms with Gasteiger partial charge in [0.2, 0.25) is 0 Å². The first kappa shape index (κ1) is 20.0. The molecule has 2 fully saturated rings. The second-order valence-electron chi connectivity index (χ2n) is 10.3. The zero-order valence-corrected chi connectivity index (χ0v) is 18.7. The SMILES string of the molecule is CC(C)(C)OC(=O)N1CC(c2ccc(C#C[Si](C)(C)C)cc2)C2(CCC2)C1. The second-order valence-corrected chi connectivity index (χ2v) is 15.0. The van der Waals surface area contributed by atoms with Gasteiger partial charge in [0, 0.05) is 24.6 Å². The zero-order valence-electron chi connectivity index (χ0n) is 17.7. The van der Waals surface area contributed by atoms with Crippen LogP contribution < -0.4 is 0 Å². The first-order valence-electron chi connectivity index (χ1n) is 10.1. The van der Waals surface area contributed by atoms with Crippen molar-refractivity contribution >= 4 is 14.2 Å². The lowest BCUT2D eigenvalue weighted by atomic mass is 9.61. The fraction of sp³-hybridized carbons (Fsp3) is 0.609. The van der Waals surface area contributed by atoms with Gasteiger partial charge in [0.1, 0.15) is 13.7 Å². The number of amides is 1. The fourth-order valence-corrected chi connectivity index (χ4v) is 4.61. The number of nitrogens with zero attached hydrogens (tertiary/aromatic N) is 1. The van der Waals surface area contributed by atoms with Crippen molar-refractivity contribution in [2.24, 2.45) is 5.41 Å². The Morgan fingerprint density at radius 2 is 1.81 bits per heavy atom. The molecule has 1 spiro atoms. The van der Waals surface area contributed by atoms with E-state index in [-0.39, 0.29) is 11.5 Å². The van der Waals surface area contributed by atoms with Crippen LogP contribution in [0.15, 0.2) is 24.3 Å². The Kier molecular flexibility index (Phi) is 5.20. The van der Waals surface area contributed by atoms with Crippen molar-refractivity contribution < 1.29 is 9.53 Å². The lowest BCUT2D eigenvalue weighted by molar-refractivity contribution is 0.0244. The van der Waals surface area contributed by atoms with E-state index in [4.69, 9.17) is 4.74 Å². The highest BCUT2D eigenvalue weighted by atomic mass is 28.3. The molecule has 0 N–H and O–H groups in total. The van der Waals surface area contributed by atoms with Gasteiger partial charge in [-0.15, -0.1) is 5.54 Å². The van der Waals surface area contributed by atoms with Crippen molar-refractivity contribution in [3.63, 3.8) is 0 Å². The molecule has 0 aromatic heterocycles. The second kappa shape index (κ2) is 7.02. The lowest BCUT2D eigenvalue weighted by Gasteiger charge is -2.43. The number of rotatable bonds is 1. The molecule has 1 atom stereocenters. The van der Waals surface area contributed by atoms with Gasteiger partial charge in [0.25, 0.3) is 0 Å². The van der Waals surface area contributed by atoms with Crippen LogP contribution in [-0.4, -0.2) is 37.8 Å². The van der Waals surface area contributed by atoms with E-state index in [9.17, 15) is 4.79 Å². The van der Waals surface area contributed by atoms with Gasteiger partial charge in [-0.25, -0.2) is 4.79 Å². The van der Waals surface area contributed by atoms with Crippen molar-refractivity contribution in [3.8, 4) is 11.5 Å². The van der Waals surface area contributed by atoms with Crippen molar-refractivity contribution in [3.05, 3.63) is 35.4 Å². The summed E-state index contributed by atoms with van der Waals surface area (Å²) in [5, 5.41) is 0. The van der Waals surface area contributed by atoms with E-state index in [0.717, 1.165) is 18.7 Å². The van der Waals surface area contributed by atoms with E-state index in [0.29, 0.717) is 5.92 Å². The average molecular weight is 384 g/mol. The molecular formula is C23H33NO2Si. The minimum Gasteiger partial charge on any atom is -0.444 e. The molecule has 3 rings (SSSR count). The van der Waals surface area contributed by atoms with Gasteiger partial charge in [0.15, 0.2) is 0 Å². The monoisotopic (exact) mass is 383 g/mol. The molecule has 1 saturated carbocycles. The largest absolute Gasteiger partial charge is 0.444 e. The summed E-state index contributed by atoms with van der Waals surface area (Å²) in [6.45, 7) is 14.2. The van der Waals surface area contributed by atoms with Crippen molar-refractivity contribution in [2.45, 2.75) is 71.2 Å². The number of ether oxygens (including phenoxy) is 1. The van der Waals surface area contributed by atoms with E-state index >= 15 is 0 Å². The highest BCUT2D eigenvalue weighted by molar-refractivity contribution is 6.83. The first-order chi connectivity index (χ1) is 12.5. The Morgan fingerprint density at radius 3 is 2.30 bits per heavy atom. The minimum atomic E-state index is -1.36. The van der Waals surface area contributed by atoms with Crippen molar-refractivity contribution in [1.29, 1.82) is 0 Å². The molecule has 2 aliphatic rings. The Bertz CT molecular complexity index is 755. The molecule has 1 heterocycles. The van der Waals surface area contributed by atoms with E-state index in [2.05, 4.69) is 55.4 Å². The highest BCUT2D eigenvalue weighted by Crippen LogP contribution is 2.55. The molecule has 1 aliphatic heterocycles. The number of carbonyl (C=O) groups excluding carboxylic acids is 1. The number of likely N-dealkylation sites (tertiary alicyclic amines) is 1. The molecule has 1 unspecified atom stereocenters. The molecule has 1 saturated heterocycles. The van der Waals surface area contributed by atoms with Crippen LogP contribution >= 0.6 is 0 Å². The van der Waals surface area contributed by atoms with Crippen LogP contribution in [0.4, 0.5) is 4.79 Å². The third-order valence-electron chi connectivity index (χ3n) is 5.54. The maximum Gasteiger partial charge on any atom is 0.410 e. The molecule has 27 heavy (non-hydrogen) atoms. The van der Waals surface area contributed by atoms with Crippen molar-refractivity contribution in [2.75, 3.05) is 13.1 Å². The minimum absolute atomic E-state index is 0.172. The van der Waals surface area contributed by atoms with Gasteiger partial charge in [0.05, 0.1) is 0 Å². The average Bonchev–Trinajstić information content (AvgIpc) is 2.92. The van der Waals surface area contributed by atoms with E-state index in [1.807, 2.05) is 25.7 Å². The van der Waals surface area contributed by atoms with Crippen LogP contribution in [-0.2, 0) is 4.74 Å². The molecule has 3 nitrogen and oxygen atoms in total. The Balaban J connectivity index is 1.77. The predicted octanol–water partition coefficient (Wildman–Crippen LogP) is 5.42. The van der Waals surface area contributed by atoms with Gasteiger partial charge in [-0.05, 0) is 56.7 Å². The molecule has 1 aromatic rings. The third-order valence-corrected chi connectivity index (χ3v) is 6.42. The van der Waals surface area contributed by atoms with Crippen LogP contribution in [0.5, 0.6) is 0 Å². The van der Waals surface area contributed by atoms with Gasteiger partial charge in [-0.2, -0.15) is 0 Å². The van der Waals surface area contributed by atoms with Gasteiger partial charge < -0.3 is 9.64 Å². The number of carbonyl (C=O) groups is 1. The van der Waals surface area contributed by atoms with Crippen LogP contribution in [0.2, 0.25) is 19.6 Å². The van der Waals surface area contributed by atoms with Crippen molar-refractivity contribution in [1.82, 2.24) is 4.90 Å². The maximum absolute atomic E-state index is 12.6. The summed E-state index contributed by atoms with van der Waals surface area (Å²) >= 11 is 0. The van der Waals surface area contributed by atoms with E-state index < -0.39 is 13.7 Å². The smallest absolute Gasteiger partial charge is 0.410 e. The number of benzene rings is 1. The Labute approximate surface area is 165 Å². The van der Waals surface area contributed by atoms with E-state index in [1.54, 1.807) is 0 Å². The predicted molar refractivity (Wildman–Crippen MR) is 113 cm³/mol. The summed E-state index contributed by atoms with van der Waals surface area (Å²) in [4.78, 5) is 14.5. The molecule has 1 aromatic carbocycles. The fourth-order valence-electron chi connectivity index (χ4n) is 4.09.